The van der Waals surface area contributed by atoms with E-state index in [1.807, 2.05) is 0 Å². The predicted octanol–water partition coefficient (Wildman–Crippen LogP) is 3.85. The van der Waals surface area contributed by atoms with Gasteiger partial charge in [-0.15, -0.1) is 0 Å². The maximum atomic E-state index is 12.7. The van der Waals surface area contributed by atoms with Gasteiger partial charge >= 0.3 is 12.3 Å². The number of hydrogen-bond donors (Lipinski definition) is 2. The van der Waals surface area contributed by atoms with Crippen LogP contribution in [-0.2, 0) is 17.3 Å². The molecule has 0 spiro atoms. The summed E-state index contributed by atoms with van der Waals surface area (Å²) in [5.74, 6) is -0.0639. The highest BCUT2D eigenvalue weighted by molar-refractivity contribution is 5.68. The second-order valence-corrected chi connectivity index (χ2v) is 8.57. The normalized spacial score (nSPS) is 20.2. The number of aryl methyl sites for hydroxylation is 1. The summed E-state index contributed by atoms with van der Waals surface area (Å²) in [5.41, 5.74) is -0.505. The van der Waals surface area contributed by atoms with Gasteiger partial charge in [0.15, 0.2) is 0 Å². The second kappa shape index (κ2) is 9.80. The van der Waals surface area contributed by atoms with Gasteiger partial charge in [0, 0.05) is 19.0 Å². The number of halogens is 3. The van der Waals surface area contributed by atoms with Crippen molar-refractivity contribution >= 4 is 6.09 Å². The largest absolute Gasteiger partial charge is 0.444 e. The van der Waals surface area contributed by atoms with E-state index in [0.717, 1.165) is 18.9 Å². The molecular weight excluding hydrogens is 385 g/mol. The summed E-state index contributed by atoms with van der Waals surface area (Å²) < 4.78 is 43.5. The topological polar surface area (TPSA) is 61.8 Å². The Labute approximate surface area is 170 Å². The molecule has 1 heterocycles. The van der Waals surface area contributed by atoms with Gasteiger partial charge in [-0.05, 0) is 58.2 Å². The summed E-state index contributed by atoms with van der Waals surface area (Å²) in [6, 6.07) is 5.43. The molecular formula is C21H31F3N2O3. The lowest BCUT2D eigenvalue weighted by Gasteiger charge is -2.24. The SMILES string of the molecule is CC(C)(C)OC(=O)N1C[C@H](CNCCCCc2cccc(C(F)(F)F)c2)[C@@H](O)C1. The Morgan fingerprint density at radius 2 is 1.97 bits per heavy atom. The molecule has 1 aliphatic heterocycles. The molecule has 0 saturated carbocycles. The molecule has 1 aromatic carbocycles. The van der Waals surface area contributed by atoms with Crippen LogP contribution in [-0.4, -0.2) is 54.0 Å². The zero-order valence-corrected chi connectivity index (χ0v) is 17.3. The number of carbonyl (C=O) groups is 1. The number of aliphatic hydroxyl groups excluding tert-OH is 1. The van der Waals surface area contributed by atoms with Crippen LogP contribution in [0.15, 0.2) is 24.3 Å². The monoisotopic (exact) mass is 416 g/mol. The number of ether oxygens (including phenoxy) is 1. The summed E-state index contributed by atoms with van der Waals surface area (Å²) in [4.78, 5) is 13.6. The van der Waals surface area contributed by atoms with E-state index in [9.17, 15) is 23.1 Å². The number of nitrogens with one attached hydrogen (secondary N) is 1. The number of nitrogens with zero attached hydrogens (tertiary/aromatic N) is 1. The molecule has 2 atom stereocenters. The highest BCUT2D eigenvalue weighted by Crippen LogP contribution is 2.29. The van der Waals surface area contributed by atoms with Gasteiger partial charge in [0.05, 0.1) is 18.2 Å². The summed E-state index contributed by atoms with van der Waals surface area (Å²) in [6.07, 6.45) is -3.16. The van der Waals surface area contributed by atoms with Crippen LogP contribution in [0.1, 0.15) is 44.7 Å². The van der Waals surface area contributed by atoms with Crippen LogP contribution in [0.25, 0.3) is 0 Å². The molecule has 0 aromatic heterocycles. The summed E-state index contributed by atoms with van der Waals surface area (Å²) >= 11 is 0. The van der Waals surface area contributed by atoms with E-state index in [2.05, 4.69) is 5.32 Å². The number of amides is 1. The molecule has 29 heavy (non-hydrogen) atoms. The van der Waals surface area contributed by atoms with Crippen LogP contribution < -0.4 is 5.32 Å². The molecule has 0 radical (unpaired) electrons. The highest BCUT2D eigenvalue weighted by atomic mass is 19.4. The fourth-order valence-corrected chi connectivity index (χ4v) is 3.30. The Morgan fingerprint density at radius 1 is 1.24 bits per heavy atom. The van der Waals surface area contributed by atoms with Gasteiger partial charge in [0.1, 0.15) is 5.60 Å². The van der Waals surface area contributed by atoms with E-state index in [4.69, 9.17) is 4.74 Å². The predicted molar refractivity (Wildman–Crippen MR) is 105 cm³/mol. The maximum absolute atomic E-state index is 12.7. The second-order valence-electron chi connectivity index (χ2n) is 8.57. The fourth-order valence-electron chi connectivity index (χ4n) is 3.30. The first-order valence-electron chi connectivity index (χ1n) is 9.98. The molecule has 0 aliphatic carbocycles. The van der Waals surface area contributed by atoms with Crippen molar-refractivity contribution in [3.63, 3.8) is 0 Å². The molecule has 1 aromatic rings. The Hall–Kier alpha value is -1.80. The number of likely N-dealkylation sites (tertiary alicyclic amines) is 1. The lowest BCUT2D eigenvalue weighted by Crippen LogP contribution is -2.36. The van der Waals surface area contributed by atoms with E-state index >= 15 is 0 Å². The Kier molecular flexibility index (Phi) is 7.94. The third-order valence-corrected chi connectivity index (χ3v) is 4.79. The van der Waals surface area contributed by atoms with E-state index < -0.39 is 29.5 Å². The molecule has 1 saturated heterocycles. The standard InChI is InChI=1S/C21H31F3N2O3/c1-20(2,3)29-19(28)26-13-16(18(27)14-26)12-25-10-5-4-7-15-8-6-9-17(11-15)21(22,23)24/h6,8-9,11,16,18,25,27H,4-5,7,10,12-14H2,1-3H3/t16-,18-/m0/s1. The number of β-amino-alcohol motifs (C(OH)–C–C–N with tert-alkyl or cyclic N) is 1. The molecule has 1 fully saturated rings. The minimum absolute atomic E-state index is 0.0639. The first-order chi connectivity index (χ1) is 13.5. The van der Waals surface area contributed by atoms with Crippen molar-refractivity contribution < 1.29 is 27.8 Å². The van der Waals surface area contributed by atoms with Gasteiger partial charge in [-0.1, -0.05) is 18.2 Å². The maximum Gasteiger partial charge on any atom is 0.416 e. The van der Waals surface area contributed by atoms with Crippen molar-refractivity contribution in [2.24, 2.45) is 5.92 Å². The van der Waals surface area contributed by atoms with Gasteiger partial charge in [-0.2, -0.15) is 13.2 Å². The van der Waals surface area contributed by atoms with Crippen molar-refractivity contribution in [2.45, 2.75) is 57.9 Å². The van der Waals surface area contributed by atoms with Crippen LogP contribution in [0.4, 0.5) is 18.0 Å². The van der Waals surface area contributed by atoms with Crippen LogP contribution >= 0.6 is 0 Å². The molecule has 2 N–H and O–H groups in total. The molecule has 8 heteroatoms. The Balaban J connectivity index is 1.65. The van der Waals surface area contributed by atoms with E-state index in [1.54, 1.807) is 26.8 Å². The van der Waals surface area contributed by atoms with E-state index in [-0.39, 0.29) is 12.5 Å². The summed E-state index contributed by atoms with van der Waals surface area (Å²) in [5, 5.41) is 13.4. The lowest BCUT2D eigenvalue weighted by molar-refractivity contribution is -0.137. The summed E-state index contributed by atoms with van der Waals surface area (Å²) in [7, 11) is 0. The van der Waals surface area contributed by atoms with Crippen molar-refractivity contribution in [1.82, 2.24) is 10.2 Å². The fraction of sp³-hybridized carbons (Fsp3) is 0.667. The van der Waals surface area contributed by atoms with Gasteiger partial charge in [-0.25, -0.2) is 4.79 Å². The van der Waals surface area contributed by atoms with Crippen LogP contribution in [0.2, 0.25) is 0 Å². The highest BCUT2D eigenvalue weighted by Gasteiger charge is 2.35. The van der Waals surface area contributed by atoms with Crippen molar-refractivity contribution in [3.05, 3.63) is 35.4 Å². The molecule has 1 aliphatic rings. The average Bonchev–Trinajstić information content (AvgIpc) is 2.97. The molecule has 2 rings (SSSR count). The lowest BCUT2D eigenvalue weighted by atomic mass is 10.0. The number of carbonyl (C=O) groups excluding carboxylic acids is 1. The zero-order valence-electron chi connectivity index (χ0n) is 17.3. The minimum Gasteiger partial charge on any atom is -0.444 e. The van der Waals surface area contributed by atoms with Gasteiger partial charge < -0.3 is 20.1 Å². The minimum atomic E-state index is -4.31. The molecule has 1 amide bonds. The Bertz CT molecular complexity index is 674. The van der Waals surface area contributed by atoms with E-state index in [1.165, 1.54) is 17.0 Å². The number of unbranched alkanes of at least 4 members (excludes halogenated alkanes) is 1. The van der Waals surface area contributed by atoms with Crippen LogP contribution in [0, 0.1) is 5.92 Å². The third kappa shape index (κ3) is 7.85. The summed E-state index contributed by atoms with van der Waals surface area (Å²) in [6.45, 7) is 7.38. The molecule has 164 valence electrons. The first kappa shape index (κ1) is 23.5. The van der Waals surface area contributed by atoms with Gasteiger partial charge in [0.25, 0.3) is 0 Å². The molecule has 5 nitrogen and oxygen atoms in total. The van der Waals surface area contributed by atoms with Crippen LogP contribution in [0.5, 0.6) is 0 Å². The Morgan fingerprint density at radius 3 is 2.62 bits per heavy atom. The number of rotatable bonds is 7. The van der Waals surface area contributed by atoms with Gasteiger partial charge in [-0.3, -0.25) is 0 Å². The van der Waals surface area contributed by atoms with Crippen molar-refractivity contribution in [1.29, 1.82) is 0 Å². The van der Waals surface area contributed by atoms with E-state index in [0.29, 0.717) is 31.6 Å². The zero-order chi connectivity index (χ0) is 21.7. The van der Waals surface area contributed by atoms with Crippen molar-refractivity contribution in [3.8, 4) is 0 Å². The smallest absolute Gasteiger partial charge is 0.416 e. The van der Waals surface area contributed by atoms with Crippen molar-refractivity contribution in [2.75, 3.05) is 26.2 Å². The number of aliphatic hydroxyl groups is 1. The average molecular weight is 416 g/mol. The quantitative estimate of drug-likeness (QED) is 0.663. The molecule has 0 unspecified atom stereocenters. The third-order valence-electron chi connectivity index (χ3n) is 4.79. The van der Waals surface area contributed by atoms with Crippen LogP contribution in [0.3, 0.4) is 0 Å². The number of hydrogen-bond acceptors (Lipinski definition) is 4. The first-order valence-corrected chi connectivity index (χ1v) is 9.98. The van der Waals surface area contributed by atoms with Gasteiger partial charge in [0.2, 0.25) is 0 Å². The number of benzene rings is 1. The molecule has 0 bridgehead atoms. The number of alkyl halides is 3.